The molecule has 1 aliphatic rings. The summed E-state index contributed by atoms with van der Waals surface area (Å²) in [7, 11) is 0. The highest BCUT2D eigenvalue weighted by Gasteiger charge is 2.25. The lowest BCUT2D eigenvalue weighted by Gasteiger charge is -2.23. The van der Waals surface area contributed by atoms with Gasteiger partial charge in [-0.2, -0.15) is 0 Å². The van der Waals surface area contributed by atoms with Gasteiger partial charge in [0.1, 0.15) is 11.6 Å². The molecule has 1 N–H and O–H groups in total. The Balaban J connectivity index is 2.67. The molecule has 1 aromatic rings. The highest BCUT2D eigenvalue weighted by Crippen LogP contribution is 2.34. The fraction of sp³-hybridized carbons (Fsp3) is 0.273. The van der Waals surface area contributed by atoms with E-state index in [1.165, 1.54) is 6.08 Å². The predicted molar refractivity (Wildman–Crippen MR) is 49.5 cm³/mol. The van der Waals surface area contributed by atoms with Crippen LogP contribution in [-0.4, -0.2) is 5.11 Å². The highest BCUT2D eigenvalue weighted by molar-refractivity contribution is 5.58. The van der Waals surface area contributed by atoms with Gasteiger partial charge >= 0.3 is 0 Å². The number of rotatable bonds is 0. The molecule has 0 radical (unpaired) electrons. The normalized spacial score (nSPS) is 24.9. The Bertz CT molecular complexity index is 399. The van der Waals surface area contributed by atoms with Gasteiger partial charge in [0.25, 0.3) is 0 Å². The van der Waals surface area contributed by atoms with Crippen molar-refractivity contribution in [1.29, 1.82) is 0 Å². The van der Waals surface area contributed by atoms with E-state index in [1.54, 1.807) is 13.0 Å². The van der Waals surface area contributed by atoms with Gasteiger partial charge in [0, 0.05) is 17.0 Å². The Hall–Kier alpha value is -1.22. The molecule has 1 aliphatic carbocycles. The lowest BCUT2D eigenvalue weighted by molar-refractivity contribution is 0.133. The summed E-state index contributed by atoms with van der Waals surface area (Å²) in [6.45, 7) is 1.76. The number of hydrogen-bond donors (Lipinski definition) is 1. The molecule has 0 heterocycles. The molecular weight excluding hydrogens is 186 g/mol. The van der Waals surface area contributed by atoms with Crippen molar-refractivity contribution >= 4 is 6.08 Å². The van der Waals surface area contributed by atoms with Crippen LogP contribution in [0.3, 0.4) is 0 Å². The maximum atomic E-state index is 13.3. The van der Waals surface area contributed by atoms with Crippen molar-refractivity contribution < 1.29 is 13.9 Å². The Labute approximate surface area is 80.7 Å². The van der Waals surface area contributed by atoms with E-state index in [2.05, 4.69) is 0 Å². The zero-order valence-electron chi connectivity index (χ0n) is 7.67. The molecule has 1 aromatic carbocycles. The van der Waals surface area contributed by atoms with E-state index < -0.39 is 17.7 Å². The van der Waals surface area contributed by atoms with E-state index in [9.17, 15) is 13.9 Å². The molecule has 0 bridgehead atoms. The van der Waals surface area contributed by atoms with E-state index in [1.807, 2.05) is 0 Å². The van der Waals surface area contributed by atoms with Gasteiger partial charge in [-0.3, -0.25) is 0 Å². The van der Waals surface area contributed by atoms with Crippen molar-refractivity contribution in [3.63, 3.8) is 0 Å². The SMILES string of the molecule is CC1C=Cc2c(F)ccc(F)c2C1O. The highest BCUT2D eigenvalue weighted by atomic mass is 19.1. The lowest BCUT2D eigenvalue weighted by Crippen LogP contribution is -2.15. The van der Waals surface area contributed by atoms with E-state index in [4.69, 9.17) is 0 Å². The summed E-state index contributed by atoms with van der Waals surface area (Å²) in [5.41, 5.74) is 0.232. The summed E-state index contributed by atoms with van der Waals surface area (Å²) in [4.78, 5) is 0. The number of halogens is 2. The van der Waals surface area contributed by atoms with Crippen LogP contribution in [0.4, 0.5) is 8.78 Å². The third-order valence-corrected chi connectivity index (χ3v) is 2.54. The molecular formula is C11H10F2O. The molecule has 14 heavy (non-hydrogen) atoms. The number of benzene rings is 1. The van der Waals surface area contributed by atoms with Gasteiger partial charge in [-0.15, -0.1) is 0 Å². The van der Waals surface area contributed by atoms with Crippen LogP contribution in [0.15, 0.2) is 18.2 Å². The summed E-state index contributed by atoms with van der Waals surface area (Å²) < 4.78 is 26.5. The zero-order chi connectivity index (χ0) is 10.3. The monoisotopic (exact) mass is 196 g/mol. The van der Waals surface area contributed by atoms with Crippen LogP contribution in [0.5, 0.6) is 0 Å². The predicted octanol–water partition coefficient (Wildman–Crippen LogP) is 2.66. The summed E-state index contributed by atoms with van der Waals surface area (Å²) in [6.07, 6.45) is 2.24. The first kappa shape index (κ1) is 9.34. The second-order valence-electron chi connectivity index (χ2n) is 3.52. The molecule has 0 amide bonds. The van der Waals surface area contributed by atoms with Crippen molar-refractivity contribution in [2.75, 3.05) is 0 Å². The summed E-state index contributed by atoms with van der Waals surface area (Å²) in [5, 5.41) is 9.68. The minimum Gasteiger partial charge on any atom is -0.388 e. The number of aliphatic hydroxyl groups excluding tert-OH is 1. The zero-order valence-corrected chi connectivity index (χ0v) is 7.67. The first-order valence-electron chi connectivity index (χ1n) is 4.45. The molecule has 0 aromatic heterocycles. The number of fused-ring (bicyclic) bond motifs is 1. The van der Waals surface area contributed by atoms with Crippen molar-refractivity contribution in [1.82, 2.24) is 0 Å². The van der Waals surface area contributed by atoms with Gasteiger partial charge in [-0.05, 0) is 12.1 Å². The maximum absolute atomic E-state index is 13.3. The molecule has 3 heteroatoms. The number of aliphatic hydroxyl groups is 1. The van der Waals surface area contributed by atoms with Gasteiger partial charge in [0.15, 0.2) is 0 Å². The summed E-state index contributed by atoms with van der Waals surface area (Å²) >= 11 is 0. The average Bonchev–Trinajstić information content (AvgIpc) is 2.16. The molecule has 0 saturated carbocycles. The molecule has 2 atom stereocenters. The Morgan fingerprint density at radius 2 is 1.86 bits per heavy atom. The van der Waals surface area contributed by atoms with Gasteiger partial charge in [-0.1, -0.05) is 19.1 Å². The minimum atomic E-state index is -0.953. The third-order valence-electron chi connectivity index (χ3n) is 2.54. The first-order valence-corrected chi connectivity index (χ1v) is 4.45. The van der Waals surface area contributed by atoms with E-state index in [-0.39, 0.29) is 17.0 Å². The molecule has 1 nitrogen and oxygen atoms in total. The molecule has 0 saturated heterocycles. The largest absolute Gasteiger partial charge is 0.388 e. The van der Waals surface area contributed by atoms with Crippen LogP contribution in [0.25, 0.3) is 6.08 Å². The first-order chi connectivity index (χ1) is 6.61. The topological polar surface area (TPSA) is 20.2 Å². The Morgan fingerprint density at radius 1 is 1.21 bits per heavy atom. The lowest BCUT2D eigenvalue weighted by atomic mass is 9.87. The fourth-order valence-electron chi connectivity index (χ4n) is 1.67. The molecule has 2 rings (SSSR count). The quantitative estimate of drug-likeness (QED) is 0.676. The second kappa shape index (κ2) is 3.17. The van der Waals surface area contributed by atoms with Gasteiger partial charge < -0.3 is 5.11 Å². The average molecular weight is 196 g/mol. The smallest absolute Gasteiger partial charge is 0.130 e. The molecule has 74 valence electrons. The van der Waals surface area contributed by atoms with Crippen LogP contribution >= 0.6 is 0 Å². The van der Waals surface area contributed by atoms with Crippen molar-refractivity contribution in [2.24, 2.45) is 5.92 Å². The van der Waals surface area contributed by atoms with Crippen molar-refractivity contribution in [2.45, 2.75) is 13.0 Å². The van der Waals surface area contributed by atoms with Crippen LogP contribution in [-0.2, 0) is 0 Å². The van der Waals surface area contributed by atoms with Crippen molar-refractivity contribution in [3.05, 3.63) is 41.0 Å². The minimum absolute atomic E-state index is 0.0694. The van der Waals surface area contributed by atoms with Crippen LogP contribution in [0, 0.1) is 17.6 Å². The third kappa shape index (κ3) is 1.24. The van der Waals surface area contributed by atoms with E-state index in [0.717, 1.165) is 12.1 Å². The Morgan fingerprint density at radius 3 is 2.57 bits per heavy atom. The van der Waals surface area contributed by atoms with Gasteiger partial charge in [0.2, 0.25) is 0 Å². The standard InChI is InChI=1S/C11H10F2O/c1-6-2-3-7-8(12)4-5-9(13)10(7)11(6)14/h2-6,11,14H,1H3. The summed E-state index contributed by atoms with van der Waals surface area (Å²) in [6, 6.07) is 2.12. The van der Waals surface area contributed by atoms with Crippen LogP contribution in [0.2, 0.25) is 0 Å². The van der Waals surface area contributed by atoms with Crippen LogP contribution < -0.4 is 0 Å². The summed E-state index contributed by atoms with van der Waals surface area (Å²) in [5.74, 6) is -1.23. The van der Waals surface area contributed by atoms with E-state index in [0.29, 0.717) is 0 Å². The van der Waals surface area contributed by atoms with Gasteiger partial charge in [0.05, 0.1) is 6.10 Å². The maximum Gasteiger partial charge on any atom is 0.130 e. The van der Waals surface area contributed by atoms with E-state index >= 15 is 0 Å². The molecule has 2 unspecified atom stereocenters. The second-order valence-corrected chi connectivity index (χ2v) is 3.52. The fourth-order valence-corrected chi connectivity index (χ4v) is 1.67. The van der Waals surface area contributed by atoms with Gasteiger partial charge in [-0.25, -0.2) is 8.78 Å². The molecule has 0 aliphatic heterocycles. The molecule has 0 fully saturated rings. The number of hydrogen-bond acceptors (Lipinski definition) is 1. The Kier molecular flexibility index (Phi) is 2.11. The molecule has 0 spiro atoms. The van der Waals surface area contributed by atoms with Crippen LogP contribution in [0.1, 0.15) is 24.2 Å². The van der Waals surface area contributed by atoms with Crippen molar-refractivity contribution in [3.8, 4) is 0 Å².